The number of ether oxygens (including phenoxy) is 4. The first-order valence-corrected chi connectivity index (χ1v) is 17.5. The topological polar surface area (TPSA) is 94.5 Å². The Morgan fingerprint density at radius 1 is 0.955 bits per heavy atom. The number of hydrogen-bond acceptors (Lipinski definition) is 8. The maximum Gasteiger partial charge on any atom is 0.308 e. The summed E-state index contributed by atoms with van der Waals surface area (Å²) in [6.07, 6.45) is 12.2. The van der Waals surface area contributed by atoms with Gasteiger partial charge in [-0.25, -0.2) is 0 Å². The molecule has 242 valence electrons. The Balaban J connectivity index is 0.894. The van der Waals surface area contributed by atoms with Crippen molar-refractivity contribution in [3.8, 4) is 5.75 Å². The molecule has 1 aromatic rings. The Hall–Kier alpha value is -2.00. The van der Waals surface area contributed by atoms with E-state index in [9.17, 15) is 14.7 Å². The summed E-state index contributed by atoms with van der Waals surface area (Å²) in [5, 5.41) is 12.6. The molecule has 8 nitrogen and oxygen atoms in total. The molecule has 1 N–H and O–H groups in total. The first-order chi connectivity index (χ1) is 21.4. The van der Waals surface area contributed by atoms with Crippen LogP contribution in [0.2, 0.25) is 0 Å². The molecule has 7 rings (SSSR count). The largest absolute Gasteiger partial charge is 0.485 e. The maximum atomic E-state index is 13.0. The molecule has 1 saturated heterocycles. The first kappa shape index (κ1) is 30.6. The van der Waals surface area contributed by atoms with Crippen LogP contribution in [0.1, 0.15) is 100 Å². The summed E-state index contributed by atoms with van der Waals surface area (Å²) >= 11 is 0. The number of rotatable bonds is 14. The third-order valence-electron chi connectivity index (χ3n) is 11.8. The third kappa shape index (κ3) is 5.62. The molecule has 44 heavy (non-hydrogen) atoms. The molecule has 0 amide bonds. The second-order valence-electron chi connectivity index (χ2n) is 14.6. The monoisotopic (exact) mass is 609 g/mol. The minimum atomic E-state index is -0.886. The lowest BCUT2D eigenvalue weighted by molar-refractivity contribution is -0.216. The number of nitrogens with zero attached hydrogens (tertiary/aromatic N) is 1. The van der Waals surface area contributed by atoms with E-state index in [2.05, 4.69) is 24.0 Å². The lowest BCUT2D eigenvalue weighted by Crippen LogP contribution is -2.77. The van der Waals surface area contributed by atoms with Gasteiger partial charge in [-0.05, 0) is 75.0 Å². The zero-order valence-electron chi connectivity index (χ0n) is 26.5. The molecule has 6 aliphatic rings. The Labute approximate surface area is 262 Å². The van der Waals surface area contributed by atoms with Crippen LogP contribution < -0.4 is 4.74 Å². The van der Waals surface area contributed by atoms with Crippen molar-refractivity contribution in [1.29, 1.82) is 0 Å². The number of carbonyl (C=O) groups is 2. The summed E-state index contributed by atoms with van der Waals surface area (Å²) in [6.45, 7) is 5.57. The van der Waals surface area contributed by atoms with E-state index in [0.717, 1.165) is 43.2 Å². The van der Waals surface area contributed by atoms with E-state index in [0.29, 0.717) is 57.2 Å². The Kier molecular flexibility index (Phi) is 8.81. The SMILES string of the molecule is Cc1ccc2c3c1OC1[C@H](OC(=O)CCOCCOCCC(=O)CC4CCCCC4)CC[C@@]4(O)[C@@H](C2)N(CC2CC2)CC[C@]314. The molecule has 8 heteroatoms. The number of benzene rings is 1. The van der Waals surface area contributed by atoms with Crippen LogP contribution >= 0.6 is 0 Å². The number of likely N-dealkylation sites (tertiary alicyclic amines) is 1. The average molecular weight is 610 g/mol. The van der Waals surface area contributed by atoms with Crippen LogP contribution in [0.15, 0.2) is 12.1 Å². The van der Waals surface area contributed by atoms with E-state index in [-0.39, 0.29) is 31.1 Å². The van der Waals surface area contributed by atoms with Crippen molar-refractivity contribution in [2.75, 3.05) is 39.5 Å². The van der Waals surface area contributed by atoms with Crippen molar-refractivity contribution in [1.82, 2.24) is 4.90 Å². The minimum Gasteiger partial charge on any atom is -0.485 e. The number of esters is 1. The molecule has 0 radical (unpaired) electrons. The van der Waals surface area contributed by atoms with Gasteiger partial charge in [-0.2, -0.15) is 0 Å². The molecule has 1 unspecified atom stereocenters. The van der Waals surface area contributed by atoms with Gasteiger partial charge in [-0.3, -0.25) is 14.5 Å². The fourth-order valence-corrected chi connectivity index (χ4v) is 9.41. The molecular weight excluding hydrogens is 558 g/mol. The lowest BCUT2D eigenvalue weighted by Gasteiger charge is -2.64. The number of piperidine rings is 1. The summed E-state index contributed by atoms with van der Waals surface area (Å²) in [6, 6.07) is 4.46. The third-order valence-corrected chi connectivity index (χ3v) is 11.8. The molecule has 5 atom stereocenters. The van der Waals surface area contributed by atoms with Crippen molar-refractivity contribution in [2.24, 2.45) is 11.8 Å². The van der Waals surface area contributed by atoms with Crippen LogP contribution in [-0.2, 0) is 35.6 Å². The fraction of sp³-hybridized carbons (Fsp3) is 0.778. The fourth-order valence-electron chi connectivity index (χ4n) is 9.41. The number of aryl methyl sites for hydroxylation is 1. The zero-order valence-corrected chi connectivity index (χ0v) is 26.5. The molecular formula is C36H51NO7. The molecule has 1 aromatic carbocycles. The van der Waals surface area contributed by atoms with Crippen molar-refractivity contribution < 1.29 is 33.6 Å². The molecule has 2 bridgehead atoms. The van der Waals surface area contributed by atoms with E-state index in [1.54, 1.807) is 0 Å². The second-order valence-corrected chi connectivity index (χ2v) is 14.6. The normalized spacial score (nSPS) is 32.6. The summed E-state index contributed by atoms with van der Waals surface area (Å²) in [4.78, 5) is 27.8. The highest BCUT2D eigenvalue weighted by Gasteiger charge is 2.73. The van der Waals surface area contributed by atoms with Crippen LogP contribution in [0.3, 0.4) is 0 Å². The zero-order chi connectivity index (χ0) is 30.3. The Bertz CT molecular complexity index is 1230. The van der Waals surface area contributed by atoms with Gasteiger partial charge in [0, 0.05) is 31.0 Å². The molecule has 4 fully saturated rings. The quantitative estimate of drug-likeness (QED) is 0.237. The predicted molar refractivity (Wildman–Crippen MR) is 165 cm³/mol. The number of carbonyl (C=O) groups excluding carboxylic acids is 2. The predicted octanol–water partition coefficient (Wildman–Crippen LogP) is 4.82. The molecule has 2 heterocycles. The van der Waals surface area contributed by atoms with Crippen LogP contribution in [0.25, 0.3) is 0 Å². The highest BCUT2D eigenvalue weighted by Crippen LogP contribution is 2.65. The highest BCUT2D eigenvalue weighted by atomic mass is 16.6. The van der Waals surface area contributed by atoms with Gasteiger partial charge in [0.1, 0.15) is 23.7 Å². The second kappa shape index (κ2) is 12.7. The number of aliphatic hydroxyl groups is 1. The summed E-state index contributed by atoms with van der Waals surface area (Å²) in [5.41, 5.74) is 2.14. The number of hydrogen-bond donors (Lipinski definition) is 1. The smallest absolute Gasteiger partial charge is 0.308 e. The first-order valence-electron chi connectivity index (χ1n) is 17.5. The van der Waals surface area contributed by atoms with Gasteiger partial charge in [0.25, 0.3) is 0 Å². The van der Waals surface area contributed by atoms with E-state index < -0.39 is 17.1 Å². The number of Topliss-reactive ketones (excluding diaryl/α,β-unsaturated/α-hetero) is 1. The van der Waals surface area contributed by atoms with Crippen molar-refractivity contribution in [2.45, 2.75) is 126 Å². The van der Waals surface area contributed by atoms with Gasteiger partial charge in [0.05, 0.1) is 43.9 Å². The van der Waals surface area contributed by atoms with E-state index >= 15 is 0 Å². The minimum absolute atomic E-state index is 0.0754. The average Bonchev–Trinajstić information content (AvgIpc) is 3.76. The summed E-state index contributed by atoms with van der Waals surface area (Å²) < 4.78 is 24.1. The van der Waals surface area contributed by atoms with Crippen molar-refractivity contribution >= 4 is 11.8 Å². The molecule has 4 aliphatic carbocycles. The van der Waals surface area contributed by atoms with Crippen LogP contribution in [0.4, 0.5) is 0 Å². The van der Waals surface area contributed by atoms with Crippen molar-refractivity contribution in [3.05, 3.63) is 28.8 Å². The summed E-state index contributed by atoms with van der Waals surface area (Å²) in [5.74, 6) is 2.25. The number of ketones is 1. The Morgan fingerprint density at radius 3 is 2.50 bits per heavy atom. The van der Waals surface area contributed by atoms with Gasteiger partial charge >= 0.3 is 5.97 Å². The summed E-state index contributed by atoms with van der Waals surface area (Å²) in [7, 11) is 0. The molecule has 1 spiro atoms. The van der Waals surface area contributed by atoms with Gasteiger partial charge in [-0.15, -0.1) is 0 Å². The standard InChI is InChI=1S/C36H51NO7/c1-24-7-10-27-22-30-36(40)14-11-29(34-35(36,32(27)33(24)44-34)15-16-37(30)23-26-8-9-26)43-31(39)13-18-42-20-19-41-17-12-28(38)21-25-5-3-2-4-6-25/h7,10,25-26,29-30,34,40H,2-6,8-9,11-23H2,1H3/t29-,30-,34?,35+,36-/m1/s1. The van der Waals surface area contributed by atoms with Crippen LogP contribution in [0, 0.1) is 18.8 Å². The van der Waals surface area contributed by atoms with Gasteiger partial charge < -0.3 is 24.1 Å². The van der Waals surface area contributed by atoms with Crippen LogP contribution in [-0.4, -0.2) is 85.1 Å². The van der Waals surface area contributed by atoms with E-state index in [1.165, 1.54) is 56.1 Å². The van der Waals surface area contributed by atoms with Crippen molar-refractivity contribution in [3.63, 3.8) is 0 Å². The lowest BCUT2D eigenvalue weighted by atomic mass is 9.48. The van der Waals surface area contributed by atoms with E-state index in [1.807, 2.05) is 0 Å². The molecule has 2 aliphatic heterocycles. The van der Waals surface area contributed by atoms with Crippen LogP contribution in [0.5, 0.6) is 5.75 Å². The van der Waals surface area contributed by atoms with Gasteiger partial charge in [0.2, 0.25) is 0 Å². The Morgan fingerprint density at radius 2 is 1.73 bits per heavy atom. The molecule has 3 saturated carbocycles. The van der Waals surface area contributed by atoms with Gasteiger partial charge in [-0.1, -0.05) is 44.2 Å². The molecule has 0 aromatic heterocycles. The van der Waals surface area contributed by atoms with E-state index in [4.69, 9.17) is 18.9 Å². The highest BCUT2D eigenvalue weighted by molar-refractivity contribution is 5.78. The maximum absolute atomic E-state index is 13.0. The van der Waals surface area contributed by atoms with Gasteiger partial charge in [0.15, 0.2) is 0 Å².